The topological polar surface area (TPSA) is 34.1 Å². The highest BCUT2D eigenvalue weighted by atomic mass is 16.5. The van der Waals surface area contributed by atoms with Gasteiger partial charge in [-0.2, -0.15) is 0 Å². The van der Waals surface area contributed by atoms with Gasteiger partial charge in [0.25, 0.3) is 0 Å². The molecule has 15 heavy (non-hydrogen) atoms. The van der Waals surface area contributed by atoms with E-state index in [2.05, 4.69) is 10.3 Å². The van der Waals surface area contributed by atoms with E-state index >= 15 is 0 Å². The molecule has 1 aromatic rings. The van der Waals surface area contributed by atoms with Gasteiger partial charge in [-0.05, 0) is 38.3 Å². The summed E-state index contributed by atoms with van der Waals surface area (Å²) in [6.07, 6.45) is 3.97. The first-order valence-corrected chi connectivity index (χ1v) is 5.64. The van der Waals surface area contributed by atoms with Crippen LogP contribution in [0.1, 0.15) is 25.0 Å². The van der Waals surface area contributed by atoms with Crippen molar-refractivity contribution in [3.8, 4) is 0 Å². The average Bonchev–Trinajstić information content (AvgIpc) is 2.71. The molecule has 0 spiro atoms. The van der Waals surface area contributed by atoms with Crippen molar-refractivity contribution in [1.82, 2.24) is 4.98 Å². The second-order valence-electron chi connectivity index (χ2n) is 4.01. The number of rotatable bonds is 4. The number of aromatic nitrogens is 1. The highest BCUT2D eigenvalue weighted by molar-refractivity contribution is 5.34. The first kappa shape index (κ1) is 10.4. The zero-order valence-corrected chi connectivity index (χ0v) is 9.20. The van der Waals surface area contributed by atoms with Gasteiger partial charge in [0.15, 0.2) is 0 Å². The van der Waals surface area contributed by atoms with Crippen LogP contribution in [0.2, 0.25) is 0 Å². The van der Waals surface area contributed by atoms with Crippen LogP contribution in [-0.4, -0.2) is 24.2 Å². The van der Waals surface area contributed by atoms with Crippen LogP contribution in [0.4, 0.5) is 5.82 Å². The van der Waals surface area contributed by atoms with Gasteiger partial charge in [-0.25, -0.2) is 4.98 Å². The first-order valence-electron chi connectivity index (χ1n) is 5.64. The number of ether oxygens (including phenoxy) is 1. The minimum absolute atomic E-state index is 0.460. The Morgan fingerprint density at radius 2 is 2.47 bits per heavy atom. The molecule has 0 aliphatic carbocycles. The SMILES string of the molecule is Cc1cccc(NCCC2CCCO2)n1. The van der Waals surface area contributed by atoms with E-state index in [4.69, 9.17) is 4.74 Å². The lowest BCUT2D eigenvalue weighted by Crippen LogP contribution is -2.13. The molecule has 1 unspecified atom stereocenters. The fourth-order valence-electron chi connectivity index (χ4n) is 1.87. The Labute approximate surface area is 90.9 Å². The van der Waals surface area contributed by atoms with Crippen molar-refractivity contribution in [2.75, 3.05) is 18.5 Å². The van der Waals surface area contributed by atoms with E-state index in [1.54, 1.807) is 0 Å². The molecule has 1 atom stereocenters. The molecular formula is C12H18N2O. The number of hydrogen-bond acceptors (Lipinski definition) is 3. The van der Waals surface area contributed by atoms with Gasteiger partial charge in [-0.3, -0.25) is 0 Å². The standard InChI is InChI=1S/C12H18N2O/c1-10-4-2-6-12(14-10)13-8-7-11-5-3-9-15-11/h2,4,6,11H,3,5,7-9H2,1H3,(H,13,14). The number of anilines is 1. The van der Waals surface area contributed by atoms with Gasteiger partial charge in [0.05, 0.1) is 6.10 Å². The van der Waals surface area contributed by atoms with E-state index in [9.17, 15) is 0 Å². The molecule has 0 bridgehead atoms. The molecule has 3 heteroatoms. The lowest BCUT2D eigenvalue weighted by Gasteiger charge is -2.10. The molecule has 0 aromatic carbocycles. The van der Waals surface area contributed by atoms with Crippen LogP contribution in [-0.2, 0) is 4.74 Å². The molecular weight excluding hydrogens is 188 g/mol. The Balaban J connectivity index is 1.73. The van der Waals surface area contributed by atoms with Crippen molar-refractivity contribution < 1.29 is 4.74 Å². The van der Waals surface area contributed by atoms with Crippen molar-refractivity contribution >= 4 is 5.82 Å². The largest absolute Gasteiger partial charge is 0.378 e. The summed E-state index contributed by atoms with van der Waals surface area (Å²) in [4.78, 5) is 4.39. The van der Waals surface area contributed by atoms with Crippen LogP contribution < -0.4 is 5.32 Å². The van der Waals surface area contributed by atoms with Crippen molar-refractivity contribution in [1.29, 1.82) is 0 Å². The van der Waals surface area contributed by atoms with Crippen molar-refractivity contribution in [2.45, 2.75) is 32.3 Å². The molecule has 1 aliphatic heterocycles. The molecule has 1 aromatic heterocycles. The summed E-state index contributed by atoms with van der Waals surface area (Å²) in [5.74, 6) is 0.966. The highest BCUT2D eigenvalue weighted by Crippen LogP contribution is 2.15. The number of hydrogen-bond donors (Lipinski definition) is 1. The Morgan fingerprint density at radius 1 is 1.53 bits per heavy atom. The van der Waals surface area contributed by atoms with Crippen LogP contribution in [0, 0.1) is 6.92 Å². The molecule has 1 N–H and O–H groups in total. The zero-order chi connectivity index (χ0) is 10.5. The van der Waals surface area contributed by atoms with Crippen molar-refractivity contribution in [2.24, 2.45) is 0 Å². The molecule has 1 fully saturated rings. The third-order valence-corrected chi connectivity index (χ3v) is 2.68. The van der Waals surface area contributed by atoms with Crippen LogP contribution in [0.5, 0.6) is 0 Å². The molecule has 0 saturated carbocycles. The number of aryl methyl sites for hydroxylation is 1. The molecule has 2 rings (SSSR count). The number of pyridine rings is 1. The molecule has 0 radical (unpaired) electrons. The maximum absolute atomic E-state index is 5.55. The van der Waals surface area contributed by atoms with E-state index < -0.39 is 0 Å². The van der Waals surface area contributed by atoms with E-state index in [1.165, 1.54) is 12.8 Å². The van der Waals surface area contributed by atoms with Crippen molar-refractivity contribution in [3.05, 3.63) is 23.9 Å². The van der Waals surface area contributed by atoms with Gasteiger partial charge in [-0.1, -0.05) is 6.07 Å². The highest BCUT2D eigenvalue weighted by Gasteiger charge is 2.14. The van der Waals surface area contributed by atoms with E-state index in [-0.39, 0.29) is 0 Å². The van der Waals surface area contributed by atoms with Crippen LogP contribution in [0.25, 0.3) is 0 Å². The summed E-state index contributed by atoms with van der Waals surface area (Å²) in [5.41, 5.74) is 1.05. The van der Waals surface area contributed by atoms with Crippen LogP contribution in [0.3, 0.4) is 0 Å². The predicted molar refractivity (Wildman–Crippen MR) is 61.1 cm³/mol. The van der Waals surface area contributed by atoms with E-state index in [0.29, 0.717) is 6.10 Å². The summed E-state index contributed by atoms with van der Waals surface area (Å²) in [6.45, 7) is 3.89. The monoisotopic (exact) mass is 206 g/mol. The number of nitrogens with one attached hydrogen (secondary N) is 1. The molecule has 82 valence electrons. The molecule has 1 saturated heterocycles. The third kappa shape index (κ3) is 3.20. The van der Waals surface area contributed by atoms with Gasteiger partial charge in [0.1, 0.15) is 5.82 Å². The minimum atomic E-state index is 0.460. The molecule has 1 aliphatic rings. The van der Waals surface area contributed by atoms with Gasteiger partial charge in [0.2, 0.25) is 0 Å². The van der Waals surface area contributed by atoms with Gasteiger partial charge in [0, 0.05) is 18.8 Å². The maximum Gasteiger partial charge on any atom is 0.126 e. The summed E-state index contributed by atoms with van der Waals surface area (Å²) in [7, 11) is 0. The Kier molecular flexibility index (Phi) is 3.56. The first-order chi connectivity index (χ1) is 7.34. The maximum atomic E-state index is 5.55. The lowest BCUT2D eigenvalue weighted by molar-refractivity contribution is 0.107. The summed E-state index contributed by atoms with van der Waals surface area (Å²) in [5, 5.41) is 3.32. The summed E-state index contributed by atoms with van der Waals surface area (Å²) < 4.78 is 5.55. The Bertz CT molecular complexity index is 308. The molecule has 2 heterocycles. The van der Waals surface area contributed by atoms with Crippen LogP contribution in [0.15, 0.2) is 18.2 Å². The Hall–Kier alpha value is -1.09. The Morgan fingerprint density at radius 3 is 3.20 bits per heavy atom. The van der Waals surface area contributed by atoms with Crippen molar-refractivity contribution in [3.63, 3.8) is 0 Å². The quantitative estimate of drug-likeness (QED) is 0.821. The van der Waals surface area contributed by atoms with Crippen LogP contribution >= 0.6 is 0 Å². The molecule has 0 amide bonds. The normalized spacial score (nSPS) is 20.5. The van der Waals surface area contributed by atoms with E-state index in [0.717, 1.165) is 31.1 Å². The second-order valence-corrected chi connectivity index (χ2v) is 4.01. The lowest BCUT2D eigenvalue weighted by atomic mass is 10.2. The summed E-state index contributed by atoms with van der Waals surface area (Å²) >= 11 is 0. The van der Waals surface area contributed by atoms with Gasteiger partial charge < -0.3 is 10.1 Å². The smallest absolute Gasteiger partial charge is 0.126 e. The number of nitrogens with zero attached hydrogens (tertiary/aromatic N) is 1. The van der Waals surface area contributed by atoms with Gasteiger partial charge in [-0.15, -0.1) is 0 Å². The fraction of sp³-hybridized carbons (Fsp3) is 0.583. The van der Waals surface area contributed by atoms with Gasteiger partial charge >= 0.3 is 0 Å². The summed E-state index contributed by atoms with van der Waals surface area (Å²) in [6, 6.07) is 6.03. The minimum Gasteiger partial charge on any atom is -0.378 e. The zero-order valence-electron chi connectivity index (χ0n) is 9.20. The third-order valence-electron chi connectivity index (χ3n) is 2.68. The predicted octanol–water partition coefficient (Wildman–Crippen LogP) is 2.37. The average molecular weight is 206 g/mol. The van der Waals surface area contributed by atoms with E-state index in [1.807, 2.05) is 25.1 Å². The fourth-order valence-corrected chi connectivity index (χ4v) is 1.87. The molecule has 3 nitrogen and oxygen atoms in total. The second kappa shape index (κ2) is 5.12.